The van der Waals surface area contributed by atoms with Crippen LogP contribution in [-0.4, -0.2) is 24.3 Å². The van der Waals surface area contributed by atoms with Crippen molar-refractivity contribution >= 4 is 57.2 Å². The van der Waals surface area contributed by atoms with Gasteiger partial charge in [0.05, 0.1) is 27.4 Å². The molecule has 0 atom stereocenters. The largest absolute Gasteiger partial charge is 0.490 e. The second-order valence-electron chi connectivity index (χ2n) is 5.51. The van der Waals surface area contributed by atoms with Crippen LogP contribution in [0.4, 0.5) is 5.69 Å². The number of amides is 1. The molecule has 0 bridgehead atoms. The summed E-state index contributed by atoms with van der Waals surface area (Å²) in [4.78, 5) is 17.4. The maximum Gasteiger partial charge on any atom is 0.264 e. The standard InChI is InChI=1S/C20H19IN2O3S/c1-3-25-16-11-13(10-15(21)18(16)26-4-2)12-17-19(24)23-20(27-17)22-14-8-6-5-7-9-14/h5-12H,3-4H2,1-2H3,(H,22,23,24)/b17-12-. The van der Waals surface area contributed by atoms with Crippen molar-refractivity contribution in [3.8, 4) is 11.5 Å². The Morgan fingerprint density at radius 1 is 1.15 bits per heavy atom. The maximum absolute atomic E-state index is 12.3. The fourth-order valence-electron chi connectivity index (χ4n) is 2.47. The Bertz CT molecular complexity index is 898. The predicted molar refractivity (Wildman–Crippen MR) is 119 cm³/mol. The lowest BCUT2D eigenvalue weighted by molar-refractivity contribution is -0.115. The van der Waals surface area contributed by atoms with Gasteiger partial charge in [-0.15, -0.1) is 0 Å². The highest BCUT2D eigenvalue weighted by Crippen LogP contribution is 2.36. The van der Waals surface area contributed by atoms with Gasteiger partial charge in [0.25, 0.3) is 5.91 Å². The number of hydrogen-bond acceptors (Lipinski definition) is 5. The van der Waals surface area contributed by atoms with Crippen molar-refractivity contribution in [2.75, 3.05) is 13.2 Å². The van der Waals surface area contributed by atoms with Crippen LogP contribution in [0.2, 0.25) is 0 Å². The number of rotatable bonds is 6. The summed E-state index contributed by atoms with van der Waals surface area (Å²) in [7, 11) is 0. The Balaban J connectivity index is 1.88. The van der Waals surface area contributed by atoms with Gasteiger partial charge in [0.2, 0.25) is 0 Å². The van der Waals surface area contributed by atoms with E-state index in [2.05, 4.69) is 32.9 Å². The molecule has 5 nitrogen and oxygen atoms in total. The molecule has 0 aromatic heterocycles. The summed E-state index contributed by atoms with van der Waals surface area (Å²) in [6, 6.07) is 13.4. The molecule has 1 heterocycles. The van der Waals surface area contributed by atoms with E-state index in [-0.39, 0.29) is 5.91 Å². The van der Waals surface area contributed by atoms with E-state index in [4.69, 9.17) is 9.47 Å². The Kier molecular flexibility index (Phi) is 6.78. The van der Waals surface area contributed by atoms with Crippen molar-refractivity contribution < 1.29 is 14.3 Å². The summed E-state index contributed by atoms with van der Waals surface area (Å²) in [6.07, 6.45) is 1.84. The number of benzene rings is 2. The number of thioether (sulfide) groups is 1. The van der Waals surface area contributed by atoms with Gasteiger partial charge in [-0.3, -0.25) is 4.79 Å². The molecule has 7 heteroatoms. The SMILES string of the molecule is CCOc1cc(/C=C2\SC(=Nc3ccccc3)NC2=O)cc(I)c1OCC. The molecular weight excluding hydrogens is 475 g/mol. The van der Waals surface area contributed by atoms with Gasteiger partial charge in [-0.05, 0) is 84.1 Å². The summed E-state index contributed by atoms with van der Waals surface area (Å²) in [5.74, 6) is 1.26. The lowest BCUT2D eigenvalue weighted by Crippen LogP contribution is -2.19. The van der Waals surface area contributed by atoms with Gasteiger partial charge in [-0.1, -0.05) is 18.2 Å². The summed E-state index contributed by atoms with van der Waals surface area (Å²) < 4.78 is 12.3. The number of para-hydroxylation sites is 1. The van der Waals surface area contributed by atoms with E-state index in [1.54, 1.807) is 0 Å². The molecule has 27 heavy (non-hydrogen) atoms. The summed E-state index contributed by atoms with van der Waals surface area (Å²) in [5, 5.41) is 3.38. The lowest BCUT2D eigenvalue weighted by atomic mass is 10.2. The number of nitrogens with one attached hydrogen (secondary N) is 1. The molecule has 1 aliphatic heterocycles. The average Bonchev–Trinajstić information content (AvgIpc) is 2.98. The fraction of sp³-hybridized carbons (Fsp3) is 0.200. The molecule has 2 aromatic rings. The molecule has 3 rings (SSSR count). The summed E-state index contributed by atoms with van der Waals surface area (Å²) in [5.41, 5.74) is 1.68. The zero-order valence-corrected chi connectivity index (χ0v) is 18.0. The highest BCUT2D eigenvalue weighted by atomic mass is 127. The van der Waals surface area contributed by atoms with Crippen LogP contribution in [0.3, 0.4) is 0 Å². The molecule has 1 aliphatic rings. The molecule has 2 aromatic carbocycles. The van der Waals surface area contributed by atoms with Crippen LogP contribution in [-0.2, 0) is 4.79 Å². The zero-order chi connectivity index (χ0) is 19.2. The van der Waals surface area contributed by atoms with Crippen molar-refractivity contribution in [2.24, 2.45) is 4.99 Å². The Morgan fingerprint density at radius 2 is 1.89 bits per heavy atom. The van der Waals surface area contributed by atoms with Crippen molar-refractivity contribution in [3.05, 3.63) is 56.5 Å². The summed E-state index contributed by atoms with van der Waals surface area (Å²) in [6.45, 7) is 4.97. The number of carbonyl (C=O) groups excluding carboxylic acids is 1. The van der Waals surface area contributed by atoms with E-state index in [1.165, 1.54) is 11.8 Å². The summed E-state index contributed by atoms with van der Waals surface area (Å²) >= 11 is 3.54. The number of ether oxygens (including phenoxy) is 2. The second kappa shape index (κ2) is 9.27. The van der Waals surface area contributed by atoms with Gasteiger partial charge in [0.1, 0.15) is 0 Å². The fourth-order valence-corrected chi connectivity index (χ4v) is 4.09. The van der Waals surface area contributed by atoms with Gasteiger partial charge < -0.3 is 14.8 Å². The molecule has 1 N–H and O–H groups in total. The minimum absolute atomic E-state index is 0.156. The van der Waals surface area contributed by atoms with Gasteiger partial charge >= 0.3 is 0 Å². The van der Waals surface area contributed by atoms with Gasteiger partial charge in [-0.2, -0.15) is 0 Å². The molecular formula is C20H19IN2O3S. The quantitative estimate of drug-likeness (QED) is 0.455. The lowest BCUT2D eigenvalue weighted by Gasteiger charge is -2.13. The van der Waals surface area contributed by atoms with Crippen LogP contribution < -0.4 is 14.8 Å². The molecule has 0 saturated carbocycles. The van der Waals surface area contributed by atoms with E-state index >= 15 is 0 Å². The first-order valence-corrected chi connectivity index (χ1v) is 10.4. The number of nitrogens with zero attached hydrogens (tertiary/aromatic N) is 1. The van der Waals surface area contributed by atoms with E-state index in [1.807, 2.05) is 62.4 Å². The topological polar surface area (TPSA) is 59.9 Å². The highest BCUT2D eigenvalue weighted by molar-refractivity contribution is 14.1. The van der Waals surface area contributed by atoms with Crippen LogP contribution in [0.25, 0.3) is 6.08 Å². The molecule has 0 aliphatic carbocycles. The predicted octanol–water partition coefficient (Wildman–Crippen LogP) is 4.98. The Hall–Kier alpha value is -2.00. The smallest absolute Gasteiger partial charge is 0.264 e. The number of hydrogen-bond donors (Lipinski definition) is 1. The van der Waals surface area contributed by atoms with Crippen LogP contribution in [0, 0.1) is 3.57 Å². The van der Waals surface area contributed by atoms with Gasteiger partial charge in [-0.25, -0.2) is 4.99 Å². The third kappa shape index (κ3) is 5.04. The highest BCUT2D eigenvalue weighted by Gasteiger charge is 2.24. The Labute approximate surface area is 176 Å². The molecule has 0 unspecified atom stereocenters. The number of carbonyl (C=O) groups is 1. The number of aliphatic imine (C=N–C) groups is 1. The first-order chi connectivity index (χ1) is 13.1. The van der Waals surface area contributed by atoms with E-state index in [0.29, 0.717) is 29.0 Å². The normalized spacial score (nSPS) is 16.6. The monoisotopic (exact) mass is 494 g/mol. The second-order valence-corrected chi connectivity index (χ2v) is 7.71. The van der Waals surface area contributed by atoms with Crippen LogP contribution in [0.1, 0.15) is 19.4 Å². The van der Waals surface area contributed by atoms with Crippen LogP contribution >= 0.6 is 34.4 Å². The third-order valence-electron chi connectivity index (χ3n) is 3.56. The first-order valence-electron chi connectivity index (χ1n) is 8.54. The molecule has 0 spiro atoms. The minimum Gasteiger partial charge on any atom is -0.490 e. The van der Waals surface area contributed by atoms with Crippen molar-refractivity contribution in [2.45, 2.75) is 13.8 Å². The number of amidine groups is 1. The molecule has 0 radical (unpaired) electrons. The van der Waals surface area contributed by atoms with Crippen molar-refractivity contribution in [1.29, 1.82) is 0 Å². The van der Waals surface area contributed by atoms with Crippen molar-refractivity contribution in [1.82, 2.24) is 5.32 Å². The van der Waals surface area contributed by atoms with E-state index in [0.717, 1.165) is 20.6 Å². The van der Waals surface area contributed by atoms with E-state index < -0.39 is 0 Å². The molecule has 1 amide bonds. The average molecular weight is 494 g/mol. The van der Waals surface area contributed by atoms with Crippen LogP contribution in [0.15, 0.2) is 52.4 Å². The first kappa shape index (κ1) is 19.8. The Morgan fingerprint density at radius 3 is 2.59 bits per heavy atom. The van der Waals surface area contributed by atoms with Crippen LogP contribution in [0.5, 0.6) is 11.5 Å². The van der Waals surface area contributed by atoms with E-state index in [9.17, 15) is 4.79 Å². The maximum atomic E-state index is 12.3. The minimum atomic E-state index is -0.156. The molecule has 140 valence electrons. The van der Waals surface area contributed by atoms with Gasteiger partial charge in [0.15, 0.2) is 16.7 Å². The zero-order valence-electron chi connectivity index (χ0n) is 15.0. The molecule has 1 saturated heterocycles. The molecule has 1 fully saturated rings. The van der Waals surface area contributed by atoms with Crippen molar-refractivity contribution in [3.63, 3.8) is 0 Å². The van der Waals surface area contributed by atoms with Gasteiger partial charge in [0, 0.05) is 0 Å². The number of halogens is 1. The third-order valence-corrected chi connectivity index (χ3v) is 5.27.